The maximum Gasteiger partial charge on any atom is 0.169 e. The van der Waals surface area contributed by atoms with Crippen LogP contribution in [-0.2, 0) is 0 Å². The van der Waals surface area contributed by atoms with Gasteiger partial charge in [-0.25, -0.2) is 0 Å². The Morgan fingerprint density at radius 3 is 3.06 bits per heavy atom. The van der Waals surface area contributed by atoms with Crippen molar-refractivity contribution in [3.63, 3.8) is 0 Å². The van der Waals surface area contributed by atoms with Crippen molar-refractivity contribution < 1.29 is 9.53 Å². The standard InChI is InChI=1S/C13H10O2S2/c14-11-5-6-15-12-8-9(3-4-10(11)12)17-13-2-1-7-16-13/h1-4,7-8H,5-6H2. The van der Waals surface area contributed by atoms with E-state index < -0.39 is 0 Å². The first-order valence-corrected chi connectivity index (χ1v) is 7.04. The Morgan fingerprint density at radius 1 is 1.29 bits per heavy atom. The van der Waals surface area contributed by atoms with Crippen LogP contribution in [0.3, 0.4) is 0 Å². The molecule has 0 bridgehead atoms. The Bertz CT molecular complexity index is 547. The number of ether oxygens (including phenoxy) is 1. The Hall–Kier alpha value is -1.26. The highest BCUT2D eigenvalue weighted by Crippen LogP contribution is 2.35. The van der Waals surface area contributed by atoms with Crippen LogP contribution in [0.4, 0.5) is 0 Å². The number of rotatable bonds is 2. The molecule has 1 aromatic carbocycles. The van der Waals surface area contributed by atoms with Crippen LogP contribution < -0.4 is 4.74 Å². The quantitative estimate of drug-likeness (QED) is 0.822. The number of carbonyl (C=O) groups is 1. The summed E-state index contributed by atoms with van der Waals surface area (Å²) in [7, 11) is 0. The van der Waals surface area contributed by atoms with Gasteiger partial charge in [-0.05, 0) is 29.6 Å². The molecule has 1 aliphatic rings. The second-order valence-corrected chi connectivity index (χ2v) is 6.04. The second kappa shape index (κ2) is 4.55. The van der Waals surface area contributed by atoms with Gasteiger partial charge in [-0.15, -0.1) is 11.3 Å². The molecule has 4 heteroatoms. The summed E-state index contributed by atoms with van der Waals surface area (Å²) < 4.78 is 6.77. The van der Waals surface area contributed by atoms with E-state index in [9.17, 15) is 4.79 Å². The molecule has 0 fully saturated rings. The van der Waals surface area contributed by atoms with Crippen LogP contribution in [0, 0.1) is 0 Å². The molecule has 17 heavy (non-hydrogen) atoms. The number of carbonyl (C=O) groups excluding carboxylic acids is 1. The topological polar surface area (TPSA) is 26.3 Å². The first kappa shape index (κ1) is 10.9. The zero-order valence-electron chi connectivity index (χ0n) is 9.01. The van der Waals surface area contributed by atoms with Crippen molar-refractivity contribution in [2.75, 3.05) is 6.61 Å². The van der Waals surface area contributed by atoms with Crippen molar-refractivity contribution in [1.29, 1.82) is 0 Å². The molecule has 0 spiro atoms. The molecule has 0 aliphatic carbocycles. The van der Waals surface area contributed by atoms with E-state index in [1.807, 2.05) is 24.3 Å². The van der Waals surface area contributed by atoms with Crippen LogP contribution in [0.1, 0.15) is 16.8 Å². The van der Waals surface area contributed by atoms with E-state index in [0.717, 1.165) is 10.6 Å². The molecule has 86 valence electrons. The van der Waals surface area contributed by atoms with Crippen molar-refractivity contribution >= 4 is 28.9 Å². The van der Waals surface area contributed by atoms with Crippen molar-refractivity contribution in [3.8, 4) is 5.75 Å². The average molecular weight is 262 g/mol. The molecule has 0 saturated heterocycles. The van der Waals surface area contributed by atoms with Gasteiger partial charge in [-0.2, -0.15) is 0 Å². The lowest BCUT2D eigenvalue weighted by atomic mass is 10.1. The van der Waals surface area contributed by atoms with Crippen LogP contribution in [0.2, 0.25) is 0 Å². The molecular weight excluding hydrogens is 252 g/mol. The molecule has 2 aromatic rings. The van der Waals surface area contributed by atoms with Gasteiger partial charge in [0.15, 0.2) is 5.78 Å². The fourth-order valence-electron chi connectivity index (χ4n) is 1.74. The molecule has 0 saturated carbocycles. The van der Waals surface area contributed by atoms with Crippen LogP contribution in [-0.4, -0.2) is 12.4 Å². The third kappa shape index (κ3) is 2.23. The van der Waals surface area contributed by atoms with Gasteiger partial charge in [-0.3, -0.25) is 4.79 Å². The highest BCUT2D eigenvalue weighted by Gasteiger charge is 2.18. The van der Waals surface area contributed by atoms with E-state index in [0.29, 0.717) is 18.6 Å². The number of ketones is 1. The second-order valence-electron chi connectivity index (χ2n) is 3.71. The summed E-state index contributed by atoms with van der Waals surface area (Å²) in [4.78, 5) is 12.7. The highest BCUT2D eigenvalue weighted by molar-refractivity contribution is 8.01. The highest BCUT2D eigenvalue weighted by atomic mass is 32.2. The predicted molar refractivity (Wildman–Crippen MR) is 69.3 cm³/mol. The largest absolute Gasteiger partial charge is 0.492 e. The lowest BCUT2D eigenvalue weighted by Gasteiger charge is -2.16. The van der Waals surface area contributed by atoms with Crippen molar-refractivity contribution in [2.24, 2.45) is 0 Å². The van der Waals surface area contributed by atoms with E-state index in [1.165, 1.54) is 4.21 Å². The lowest BCUT2D eigenvalue weighted by Crippen LogP contribution is -2.14. The van der Waals surface area contributed by atoms with Gasteiger partial charge >= 0.3 is 0 Å². The van der Waals surface area contributed by atoms with Gasteiger partial charge in [0.05, 0.1) is 16.4 Å². The molecule has 1 aliphatic heterocycles. The minimum Gasteiger partial charge on any atom is -0.492 e. The fourth-order valence-corrected chi connectivity index (χ4v) is 3.52. The molecule has 0 amide bonds. The number of thiophene rings is 1. The Kier molecular flexibility index (Phi) is 2.91. The van der Waals surface area contributed by atoms with E-state index >= 15 is 0 Å². The Labute approximate surface area is 108 Å². The third-order valence-corrected chi connectivity index (χ3v) is 4.58. The van der Waals surface area contributed by atoms with Gasteiger partial charge in [-0.1, -0.05) is 17.8 Å². The summed E-state index contributed by atoms with van der Waals surface area (Å²) in [6, 6.07) is 9.92. The third-order valence-electron chi connectivity index (χ3n) is 2.55. The zero-order valence-corrected chi connectivity index (χ0v) is 10.6. The van der Waals surface area contributed by atoms with Crippen molar-refractivity contribution in [3.05, 3.63) is 41.3 Å². The summed E-state index contributed by atoms with van der Waals surface area (Å²) in [6.45, 7) is 0.499. The molecule has 0 radical (unpaired) electrons. The molecule has 2 heterocycles. The number of hydrogen-bond acceptors (Lipinski definition) is 4. The summed E-state index contributed by atoms with van der Waals surface area (Å²) >= 11 is 3.41. The molecule has 0 unspecified atom stereocenters. The minimum absolute atomic E-state index is 0.180. The maximum absolute atomic E-state index is 11.6. The predicted octanol–water partition coefficient (Wildman–Crippen LogP) is 3.86. The average Bonchev–Trinajstić information content (AvgIpc) is 2.82. The molecule has 0 N–H and O–H groups in total. The number of fused-ring (bicyclic) bond motifs is 1. The molecule has 1 aromatic heterocycles. The summed E-state index contributed by atoms with van der Waals surface area (Å²) in [6.07, 6.45) is 0.490. The molecular formula is C13H10O2S2. The van der Waals surface area contributed by atoms with Gasteiger partial charge < -0.3 is 4.74 Å². The number of benzene rings is 1. The summed E-state index contributed by atoms with van der Waals surface area (Å²) in [5.41, 5.74) is 0.715. The maximum atomic E-state index is 11.6. The normalized spacial score (nSPS) is 14.2. The van der Waals surface area contributed by atoms with Gasteiger partial charge in [0.1, 0.15) is 5.75 Å². The van der Waals surface area contributed by atoms with Crippen LogP contribution in [0.15, 0.2) is 44.8 Å². The number of Topliss-reactive ketones (excluding diaryl/α,β-unsaturated/α-hetero) is 1. The first-order chi connectivity index (χ1) is 8.33. The van der Waals surface area contributed by atoms with E-state index in [-0.39, 0.29) is 5.78 Å². The van der Waals surface area contributed by atoms with E-state index in [2.05, 4.69) is 11.4 Å². The minimum atomic E-state index is 0.180. The summed E-state index contributed by atoms with van der Waals surface area (Å²) in [5, 5.41) is 2.06. The molecule has 3 rings (SSSR count). The van der Waals surface area contributed by atoms with Gasteiger partial charge in [0.25, 0.3) is 0 Å². The monoisotopic (exact) mass is 262 g/mol. The Morgan fingerprint density at radius 2 is 2.24 bits per heavy atom. The molecule has 2 nitrogen and oxygen atoms in total. The fraction of sp³-hybridized carbons (Fsp3) is 0.154. The first-order valence-electron chi connectivity index (χ1n) is 5.34. The summed E-state index contributed by atoms with van der Waals surface area (Å²) in [5.74, 6) is 0.904. The van der Waals surface area contributed by atoms with Crippen molar-refractivity contribution in [2.45, 2.75) is 15.5 Å². The SMILES string of the molecule is O=C1CCOc2cc(Sc3cccs3)ccc21. The smallest absolute Gasteiger partial charge is 0.169 e. The van der Waals surface area contributed by atoms with Gasteiger partial charge in [0, 0.05) is 11.3 Å². The van der Waals surface area contributed by atoms with Crippen molar-refractivity contribution in [1.82, 2.24) is 0 Å². The van der Waals surface area contributed by atoms with E-state index in [1.54, 1.807) is 23.1 Å². The molecule has 0 atom stereocenters. The van der Waals surface area contributed by atoms with Crippen LogP contribution >= 0.6 is 23.1 Å². The van der Waals surface area contributed by atoms with Crippen LogP contribution in [0.5, 0.6) is 5.75 Å². The number of hydrogen-bond donors (Lipinski definition) is 0. The Balaban J connectivity index is 1.90. The van der Waals surface area contributed by atoms with Crippen LogP contribution in [0.25, 0.3) is 0 Å². The zero-order chi connectivity index (χ0) is 11.7. The lowest BCUT2D eigenvalue weighted by molar-refractivity contribution is 0.0933. The van der Waals surface area contributed by atoms with Gasteiger partial charge in [0.2, 0.25) is 0 Å². The van der Waals surface area contributed by atoms with E-state index in [4.69, 9.17) is 4.74 Å².